The number of hydrogen-bond donors (Lipinski definition) is 0. The normalized spacial score (nSPS) is 12.4. The van der Waals surface area contributed by atoms with Crippen LogP contribution in [0.2, 0.25) is 12.1 Å². The van der Waals surface area contributed by atoms with Gasteiger partial charge in [-0.2, -0.15) is 0 Å². The average Bonchev–Trinajstić information content (AvgIpc) is 3.13. The molecule has 0 rings (SSSR count). The standard InChI is InChI=1S/C38H82O6S4Si2/c1-7-13-19-29-39-49(40-30-20-14-8-2,41-31-21-15-9-3)37-27-25-35-45-47-48-46-36-26-28-38-50(42-32-22-16-10-4,43-33-23-17-11-5)44-34-24-18-12-6/h7-38H2,1-6H3. The SMILES string of the molecule is CCCCCO[Si](CCCCSSSSCCCC[Si](OCCCCC)(OCCCCC)OCCCCC)(OCCCCC)OCCCCC. The third kappa shape index (κ3) is 31.9. The van der Waals surface area contributed by atoms with Crippen LogP contribution in [0.4, 0.5) is 0 Å². The first-order chi connectivity index (χ1) is 24.6. The van der Waals surface area contributed by atoms with Crippen LogP contribution >= 0.6 is 41.2 Å². The lowest BCUT2D eigenvalue weighted by Crippen LogP contribution is -2.46. The zero-order valence-electron chi connectivity index (χ0n) is 33.7. The fourth-order valence-corrected chi connectivity index (χ4v) is 17.0. The highest BCUT2D eigenvalue weighted by atomic mass is 33.7. The van der Waals surface area contributed by atoms with E-state index in [9.17, 15) is 0 Å². The Labute approximate surface area is 329 Å². The molecule has 0 aromatic heterocycles. The molecule has 302 valence electrons. The summed E-state index contributed by atoms with van der Waals surface area (Å²) < 4.78 is 39.3. The largest absolute Gasteiger partial charge is 0.500 e. The third-order valence-electron chi connectivity index (χ3n) is 8.46. The molecule has 0 spiro atoms. The highest BCUT2D eigenvalue weighted by Crippen LogP contribution is 2.43. The first-order valence-corrected chi connectivity index (χ1v) is 30.0. The quantitative estimate of drug-likeness (QED) is 0.0338. The predicted molar refractivity (Wildman–Crippen MR) is 233 cm³/mol. The smallest absolute Gasteiger partial charge is 0.373 e. The summed E-state index contributed by atoms with van der Waals surface area (Å²) in [5, 5.41) is 0. The van der Waals surface area contributed by atoms with E-state index in [1.165, 1.54) is 89.9 Å². The molecule has 0 fully saturated rings. The van der Waals surface area contributed by atoms with Gasteiger partial charge in [-0.3, -0.25) is 0 Å². The second-order valence-corrected chi connectivity index (χ2v) is 25.1. The lowest BCUT2D eigenvalue weighted by Gasteiger charge is -2.30. The van der Waals surface area contributed by atoms with Crippen LogP contribution in [0.3, 0.4) is 0 Å². The van der Waals surface area contributed by atoms with Gasteiger partial charge in [0.15, 0.2) is 0 Å². The first-order valence-electron chi connectivity index (χ1n) is 21.0. The van der Waals surface area contributed by atoms with Gasteiger partial charge < -0.3 is 26.6 Å². The van der Waals surface area contributed by atoms with Crippen LogP contribution in [0.25, 0.3) is 0 Å². The van der Waals surface area contributed by atoms with E-state index in [1.54, 1.807) is 0 Å². The van der Waals surface area contributed by atoms with Gasteiger partial charge >= 0.3 is 17.6 Å². The molecule has 0 aromatic rings. The fraction of sp³-hybridized carbons (Fsp3) is 1.00. The van der Waals surface area contributed by atoms with E-state index in [0.29, 0.717) is 0 Å². The van der Waals surface area contributed by atoms with Gasteiger partial charge in [0, 0.05) is 63.2 Å². The van der Waals surface area contributed by atoms with E-state index in [4.69, 9.17) is 26.6 Å². The van der Waals surface area contributed by atoms with Crippen molar-refractivity contribution >= 4 is 58.8 Å². The summed E-state index contributed by atoms with van der Waals surface area (Å²) >= 11 is 0. The van der Waals surface area contributed by atoms with Gasteiger partial charge in [-0.1, -0.05) is 140 Å². The zero-order valence-corrected chi connectivity index (χ0v) is 39.0. The van der Waals surface area contributed by atoms with Gasteiger partial charge in [-0.25, -0.2) is 0 Å². The minimum atomic E-state index is -2.64. The van der Waals surface area contributed by atoms with Crippen molar-refractivity contribution in [2.75, 3.05) is 51.1 Å². The molecule has 0 saturated carbocycles. The minimum Gasteiger partial charge on any atom is -0.373 e. The molecule has 0 N–H and O–H groups in total. The van der Waals surface area contributed by atoms with Crippen molar-refractivity contribution in [2.45, 2.75) is 195 Å². The van der Waals surface area contributed by atoms with Crippen molar-refractivity contribution in [2.24, 2.45) is 0 Å². The second kappa shape index (κ2) is 40.3. The molecule has 6 nitrogen and oxygen atoms in total. The monoisotopic (exact) mass is 818 g/mol. The van der Waals surface area contributed by atoms with E-state index < -0.39 is 17.6 Å². The molecule has 0 bridgehead atoms. The minimum absolute atomic E-state index is 0.771. The molecule has 0 atom stereocenters. The van der Waals surface area contributed by atoms with Crippen LogP contribution in [-0.2, 0) is 26.6 Å². The Kier molecular flexibility index (Phi) is 41.5. The summed E-state index contributed by atoms with van der Waals surface area (Å²) in [5.74, 6) is 2.30. The third-order valence-corrected chi connectivity index (χ3v) is 20.9. The van der Waals surface area contributed by atoms with Crippen LogP contribution in [0.15, 0.2) is 0 Å². The van der Waals surface area contributed by atoms with Crippen LogP contribution in [0, 0.1) is 0 Å². The second-order valence-electron chi connectivity index (χ2n) is 13.4. The molecule has 0 aliphatic rings. The first kappa shape index (κ1) is 51.6. The van der Waals surface area contributed by atoms with Crippen LogP contribution < -0.4 is 0 Å². The van der Waals surface area contributed by atoms with E-state index in [0.717, 1.165) is 115 Å². The average molecular weight is 820 g/mol. The lowest BCUT2D eigenvalue weighted by molar-refractivity contribution is 0.0543. The van der Waals surface area contributed by atoms with Crippen LogP contribution in [0.5, 0.6) is 0 Å². The Hall–Kier alpha value is 1.59. The van der Waals surface area contributed by atoms with Gasteiger partial charge in [0.25, 0.3) is 0 Å². The molecule has 50 heavy (non-hydrogen) atoms. The van der Waals surface area contributed by atoms with Crippen molar-refractivity contribution < 1.29 is 26.6 Å². The van der Waals surface area contributed by atoms with Crippen molar-refractivity contribution in [1.82, 2.24) is 0 Å². The summed E-state index contributed by atoms with van der Waals surface area (Å²) in [7, 11) is 2.55. The predicted octanol–water partition coefficient (Wildman–Crippen LogP) is 14.3. The zero-order chi connectivity index (χ0) is 36.7. The van der Waals surface area contributed by atoms with Gasteiger partial charge in [-0.15, -0.1) is 0 Å². The van der Waals surface area contributed by atoms with Crippen molar-refractivity contribution in [1.29, 1.82) is 0 Å². The number of hydrogen-bond acceptors (Lipinski definition) is 10. The molecular formula is C38H82O6S4Si2. The van der Waals surface area contributed by atoms with Gasteiger partial charge in [0.1, 0.15) is 0 Å². The highest BCUT2D eigenvalue weighted by molar-refractivity contribution is 9.26. The Morgan fingerprint density at radius 3 is 0.760 bits per heavy atom. The van der Waals surface area contributed by atoms with E-state index >= 15 is 0 Å². The summed E-state index contributed by atoms with van der Waals surface area (Å²) in [6.07, 6.45) is 25.6. The summed E-state index contributed by atoms with van der Waals surface area (Å²) in [5.41, 5.74) is 0. The topological polar surface area (TPSA) is 55.4 Å². The molecule has 12 heteroatoms. The Morgan fingerprint density at radius 1 is 0.300 bits per heavy atom. The molecule has 0 aliphatic carbocycles. The highest BCUT2D eigenvalue weighted by Gasteiger charge is 2.41. The maximum Gasteiger partial charge on any atom is 0.500 e. The van der Waals surface area contributed by atoms with E-state index in [1.807, 2.05) is 41.2 Å². The Balaban J connectivity index is 4.63. The molecule has 0 saturated heterocycles. The van der Waals surface area contributed by atoms with Gasteiger partial charge in [0.05, 0.1) is 0 Å². The Bertz CT molecular complexity index is 558. The lowest BCUT2D eigenvalue weighted by atomic mass is 10.3. The molecule has 0 unspecified atom stereocenters. The maximum absolute atomic E-state index is 6.55. The van der Waals surface area contributed by atoms with Crippen LogP contribution in [-0.4, -0.2) is 68.8 Å². The number of unbranched alkanes of at least 4 members (excludes halogenated alkanes) is 14. The molecule has 0 heterocycles. The van der Waals surface area contributed by atoms with Gasteiger partial charge in [-0.05, 0) is 83.9 Å². The summed E-state index contributed by atoms with van der Waals surface area (Å²) in [4.78, 5) is 0. The maximum atomic E-state index is 6.55. The van der Waals surface area contributed by atoms with Crippen molar-refractivity contribution in [3.05, 3.63) is 0 Å². The summed E-state index contributed by atoms with van der Waals surface area (Å²) in [6, 6.07) is 1.89. The number of rotatable bonds is 43. The Morgan fingerprint density at radius 2 is 0.540 bits per heavy atom. The van der Waals surface area contributed by atoms with E-state index in [-0.39, 0.29) is 0 Å². The molecule has 0 aliphatic heterocycles. The molecule has 0 aromatic carbocycles. The summed E-state index contributed by atoms with van der Waals surface area (Å²) in [6.45, 7) is 18.1. The molecule has 0 radical (unpaired) electrons. The van der Waals surface area contributed by atoms with Crippen LogP contribution in [0.1, 0.15) is 183 Å². The fourth-order valence-electron chi connectivity index (χ4n) is 5.27. The van der Waals surface area contributed by atoms with Gasteiger partial charge in [0.2, 0.25) is 0 Å². The molecular weight excluding hydrogens is 737 g/mol. The molecule has 0 amide bonds. The van der Waals surface area contributed by atoms with Crippen molar-refractivity contribution in [3.63, 3.8) is 0 Å². The van der Waals surface area contributed by atoms with E-state index in [2.05, 4.69) is 41.5 Å². The van der Waals surface area contributed by atoms with Crippen molar-refractivity contribution in [3.8, 4) is 0 Å².